The fourth-order valence-electron chi connectivity index (χ4n) is 11.2. The number of nitrogens with one attached hydrogen (secondary N) is 4. The number of hydrogen-bond acceptors (Lipinski definition) is 15. The number of amides is 11. The Morgan fingerprint density at radius 1 is 0.533 bits per heavy atom. The Morgan fingerprint density at radius 2 is 1.00 bits per heavy atom. The van der Waals surface area contributed by atoms with Gasteiger partial charge in [0, 0.05) is 62.9 Å². The standard InChI is InChI=1S/C66H117N11O15/c1-25-27-30-42(13)56(80)55-60(84)69-47(26-2)62(86)71(18)36-51(79)75(22)54(45(16)91-31-28-29-32-92-46(17)78)59(83)70-52(40(9)10)65(89)72(19)48(33-37(3)4)58(82)67-43(14)57(81)68-44(15)61(85)73(20)49(34-38(5)6)63(87)74(21)50(35-39(7)8)64(88)76(23)53(41(11)12)66(90)77(55)24/h25,27,37-45,47-50,52-56,80H,26,28-36H2,1-24H3,(H,67,82)(H,68,81)(H,69,84)(H,70,83)/t42-,43+,44-,45-,47+,48+,49+,50-,52+,53+,54+,55+,56-/m1/s1. The molecule has 1 rings (SSSR count). The fraction of sp³-hybridized carbons (Fsp3) is 0.788. The summed E-state index contributed by atoms with van der Waals surface area (Å²) < 4.78 is 11.2. The molecule has 26 heteroatoms. The first kappa shape index (κ1) is 83.3. The summed E-state index contributed by atoms with van der Waals surface area (Å²) in [4.78, 5) is 181. The van der Waals surface area contributed by atoms with Gasteiger partial charge in [0.25, 0.3) is 0 Å². The summed E-state index contributed by atoms with van der Waals surface area (Å²) in [6.45, 7) is 28.2. The highest BCUT2D eigenvalue weighted by atomic mass is 16.5. The lowest BCUT2D eigenvalue weighted by Crippen LogP contribution is -2.63. The lowest BCUT2D eigenvalue weighted by Gasteiger charge is -2.41. The Balaban J connectivity index is 4.38. The van der Waals surface area contributed by atoms with Gasteiger partial charge in [0.05, 0.1) is 25.4 Å². The van der Waals surface area contributed by atoms with Crippen molar-refractivity contribution in [3.8, 4) is 0 Å². The summed E-state index contributed by atoms with van der Waals surface area (Å²) in [5.41, 5.74) is 0. The summed E-state index contributed by atoms with van der Waals surface area (Å²) in [7, 11) is 9.70. The first-order valence-electron chi connectivity index (χ1n) is 32.7. The SMILES string of the molecule is CC=CC[C@@H](C)[C@@H](O)[C@H]1C(=O)N[C@@H](CC)C(=O)N(C)CC(=O)N(C)[C@@H]([C@@H](C)OCCCCOC(C)=O)C(=O)N[C@@H](C(C)C)C(=O)N(C)[C@@H](CC(C)C)C(=O)N[C@@H](C)C(=O)N[C@H](C)C(=O)N(C)[C@@H](CC(C)C)C(=O)N(C)[C@H](CC(C)C)C(=O)N(C)[C@@H](C(C)C)C(=O)N1C. The molecule has 13 atom stereocenters. The van der Waals surface area contributed by atoms with Crippen molar-refractivity contribution in [1.82, 2.24) is 55.6 Å². The van der Waals surface area contributed by atoms with E-state index in [1.165, 1.54) is 89.7 Å². The van der Waals surface area contributed by atoms with Gasteiger partial charge in [-0.05, 0) is 108 Å². The van der Waals surface area contributed by atoms with Crippen LogP contribution in [0.25, 0.3) is 0 Å². The molecular formula is C66H117N11O15. The average Bonchev–Trinajstić information content (AvgIpc) is 0.831. The van der Waals surface area contributed by atoms with E-state index in [2.05, 4.69) is 21.3 Å². The van der Waals surface area contributed by atoms with E-state index in [-0.39, 0.29) is 63.1 Å². The second-order valence-corrected chi connectivity index (χ2v) is 27.0. The molecule has 1 aliphatic rings. The van der Waals surface area contributed by atoms with E-state index in [0.29, 0.717) is 12.8 Å². The van der Waals surface area contributed by atoms with Crippen LogP contribution >= 0.6 is 0 Å². The summed E-state index contributed by atoms with van der Waals surface area (Å²) >= 11 is 0. The predicted octanol–water partition coefficient (Wildman–Crippen LogP) is 2.97. The van der Waals surface area contributed by atoms with Gasteiger partial charge in [-0.3, -0.25) is 57.5 Å². The smallest absolute Gasteiger partial charge is 0.302 e. The summed E-state index contributed by atoms with van der Waals surface area (Å²) in [6.07, 6.45) is 2.42. The molecule has 0 aromatic heterocycles. The van der Waals surface area contributed by atoms with Crippen LogP contribution in [0.4, 0.5) is 0 Å². The predicted molar refractivity (Wildman–Crippen MR) is 350 cm³/mol. The van der Waals surface area contributed by atoms with Crippen molar-refractivity contribution in [2.45, 2.75) is 235 Å². The lowest BCUT2D eigenvalue weighted by atomic mass is 9.91. The van der Waals surface area contributed by atoms with Gasteiger partial charge in [-0.1, -0.05) is 95.2 Å². The summed E-state index contributed by atoms with van der Waals surface area (Å²) in [5.74, 6) is -10.8. The monoisotopic (exact) mass is 1300 g/mol. The maximum atomic E-state index is 15.2. The van der Waals surface area contributed by atoms with Gasteiger partial charge in [0.15, 0.2) is 0 Å². The fourth-order valence-corrected chi connectivity index (χ4v) is 11.2. The van der Waals surface area contributed by atoms with Crippen molar-refractivity contribution < 1.29 is 72.1 Å². The van der Waals surface area contributed by atoms with Gasteiger partial charge in [0.2, 0.25) is 65.0 Å². The number of nitrogens with zero attached hydrogens (tertiary/aromatic N) is 7. The summed E-state index contributed by atoms with van der Waals surface area (Å²) in [5, 5.41) is 23.1. The number of carbonyl (C=O) groups excluding carboxylic acids is 12. The van der Waals surface area contributed by atoms with Crippen LogP contribution in [-0.4, -0.2) is 252 Å². The van der Waals surface area contributed by atoms with Gasteiger partial charge >= 0.3 is 5.97 Å². The maximum Gasteiger partial charge on any atom is 0.302 e. The highest BCUT2D eigenvalue weighted by Crippen LogP contribution is 2.26. The zero-order valence-electron chi connectivity index (χ0n) is 59.9. The number of carbonyl (C=O) groups is 12. The second-order valence-electron chi connectivity index (χ2n) is 27.0. The minimum Gasteiger partial charge on any atom is -0.466 e. The molecule has 0 saturated carbocycles. The molecule has 526 valence electrons. The number of ether oxygens (including phenoxy) is 2. The van der Waals surface area contributed by atoms with Gasteiger partial charge in [0.1, 0.15) is 60.4 Å². The van der Waals surface area contributed by atoms with E-state index >= 15 is 14.4 Å². The van der Waals surface area contributed by atoms with E-state index in [1.54, 1.807) is 67.5 Å². The molecular weight excluding hydrogens is 1190 g/mol. The zero-order chi connectivity index (χ0) is 71.1. The van der Waals surface area contributed by atoms with Crippen molar-refractivity contribution in [2.24, 2.45) is 35.5 Å². The number of rotatable bonds is 20. The average molecular weight is 1300 g/mol. The molecule has 0 aromatic carbocycles. The molecule has 0 aliphatic carbocycles. The molecule has 0 radical (unpaired) electrons. The molecule has 26 nitrogen and oxygen atoms in total. The van der Waals surface area contributed by atoms with Crippen LogP contribution in [0.15, 0.2) is 12.2 Å². The Morgan fingerprint density at radius 3 is 1.49 bits per heavy atom. The number of aliphatic hydroxyl groups excluding tert-OH is 1. The van der Waals surface area contributed by atoms with Gasteiger partial charge in [-0.15, -0.1) is 0 Å². The van der Waals surface area contributed by atoms with Gasteiger partial charge in [-0.2, -0.15) is 0 Å². The number of allylic oxidation sites excluding steroid dienone is 2. The molecule has 0 unspecified atom stereocenters. The minimum atomic E-state index is -1.65. The Labute approximate surface area is 548 Å². The summed E-state index contributed by atoms with van der Waals surface area (Å²) in [6, 6.07) is -13.1. The Bertz CT molecular complexity index is 2530. The van der Waals surface area contributed by atoms with Crippen LogP contribution in [-0.2, 0) is 67.0 Å². The molecule has 0 bridgehead atoms. The zero-order valence-corrected chi connectivity index (χ0v) is 59.9. The first-order chi connectivity index (χ1) is 42.6. The van der Waals surface area contributed by atoms with Gasteiger partial charge < -0.3 is 70.1 Å². The van der Waals surface area contributed by atoms with E-state index in [9.17, 15) is 48.3 Å². The van der Waals surface area contributed by atoms with Crippen molar-refractivity contribution >= 4 is 70.9 Å². The van der Waals surface area contributed by atoms with Crippen LogP contribution in [0.1, 0.15) is 163 Å². The highest BCUT2D eigenvalue weighted by Gasteiger charge is 2.46. The van der Waals surface area contributed by atoms with E-state index in [4.69, 9.17) is 9.47 Å². The number of aliphatic hydroxyl groups is 1. The topological polar surface area (TPSA) is 314 Å². The molecule has 1 fully saturated rings. The van der Waals surface area contributed by atoms with Crippen LogP contribution in [0.5, 0.6) is 0 Å². The van der Waals surface area contributed by atoms with Crippen molar-refractivity contribution in [1.29, 1.82) is 0 Å². The molecule has 0 spiro atoms. The Kier molecular flexibility index (Phi) is 35.4. The van der Waals surface area contributed by atoms with E-state index in [0.717, 1.165) is 14.7 Å². The molecule has 5 N–H and O–H groups in total. The largest absolute Gasteiger partial charge is 0.466 e. The van der Waals surface area contributed by atoms with Crippen LogP contribution in [0.3, 0.4) is 0 Å². The Hall–Kier alpha value is -6.70. The first-order valence-corrected chi connectivity index (χ1v) is 32.7. The molecule has 11 amide bonds. The third-order valence-corrected chi connectivity index (χ3v) is 17.0. The highest BCUT2D eigenvalue weighted by molar-refractivity contribution is 5.99. The number of unbranched alkanes of at least 4 members (excludes halogenated alkanes) is 1. The number of esters is 1. The van der Waals surface area contributed by atoms with Gasteiger partial charge in [-0.25, -0.2) is 0 Å². The number of likely N-dealkylation sites (N-methyl/N-ethyl adjacent to an activating group) is 7. The molecule has 1 saturated heterocycles. The third-order valence-electron chi connectivity index (χ3n) is 17.0. The van der Waals surface area contributed by atoms with Crippen molar-refractivity contribution in [3.05, 3.63) is 12.2 Å². The van der Waals surface area contributed by atoms with Crippen molar-refractivity contribution in [2.75, 3.05) is 69.1 Å². The van der Waals surface area contributed by atoms with Crippen LogP contribution < -0.4 is 21.3 Å². The quantitative estimate of drug-likeness (QED) is 0.0665. The third kappa shape index (κ3) is 24.3. The van der Waals surface area contributed by atoms with Crippen LogP contribution in [0, 0.1) is 35.5 Å². The number of hydrogen-bond donors (Lipinski definition) is 5. The maximum absolute atomic E-state index is 15.2. The molecule has 0 aromatic rings. The van der Waals surface area contributed by atoms with E-state index in [1.807, 2.05) is 41.5 Å². The minimum absolute atomic E-state index is 0.0238. The second kappa shape index (κ2) is 39.1. The van der Waals surface area contributed by atoms with E-state index < -0.39 is 168 Å². The molecule has 1 aliphatic heterocycles. The van der Waals surface area contributed by atoms with Crippen LogP contribution in [0.2, 0.25) is 0 Å². The normalized spacial score (nSPS) is 26.0. The van der Waals surface area contributed by atoms with Crippen molar-refractivity contribution in [3.63, 3.8) is 0 Å². The lowest BCUT2D eigenvalue weighted by molar-refractivity contribution is -0.157. The molecule has 92 heavy (non-hydrogen) atoms. The molecule has 1 heterocycles.